The van der Waals surface area contributed by atoms with Crippen molar-refractivity contribution in [3.63, 3.8) is 0 Å². The Hall–Kier alpha value is -2.12. The molecule has 1 fully saturated rings. The molecule has 3 rings (SSSR count). The van der Waals surface area contributed by atoms with Crippen LogP contribution >= 0.6 is 15.9 Å². The minimum absolute atomic E-state index is 0.0712. The lowest BCUT2D eigenvalue weighted by molar-refractivity contribution is -0.122. The molecule has 2 aromatic rings. The van der Waals surface area contributed by atoms with Gasteiger partial charge in [0.05, 0.1) is 6.54 Å². The molecule has 0 radical (unpaired) electrons. The second kappa shape index (κ2) is 9.19. The largest absolute Gasteiger partial charge is 0.378 e. The summed E-state index contributed by atoms with van der Waals surface area (Å²) in [6, 6.07) is 12.3. The van der Waals surface area contributed by atoms with E-state index in [2.05, 4.69) is 65.2 Å². The third-order valence-corrected chi connectivity index (χ3v) is 5.19. The Morgan fingerprint density at radius 1 is 1.11 bits per heavy atom. The van der Waals surface area contributed by atoms with Crippen molar-refractivity contribution in [2.45, 2.75) is 6.54 Å². The molecule has 1 aliphatic rings. The number of halogens is 1. The molecule has 1 saturated heterocycles. The molecule has 1 N–H and O–H groups in total. The Balaban J connectivity index is 1.40. The molecule has 1 aromatic heterocycles. The van der Waals surface area contributed by atoms with Crippen LogP contribution < -0.4 is 15.1 Å². The zero-order valence-electron chi connectivity index (χ0n) is 15.9. The van der Waals surface area contributed by atoms with Gasteiger partial charge >= 0.3 is 0 Å². The highest BCUT2D eigenvalue weighted by molar-refractivity contribution is 9.10. The number of nitrogens with zero attached hydrogens (tertiary/aromatic N) is 4. The number of benzene rings is 1. The molecule has 2 heterocycles. The summed E-state index contributed by atoms with van der Waals surface area (Å²) in [6.45, 7) is 4.50. The summed E-state index contributed by atoms with van der Waals surface area (Å²) in [5.41, 5.74) is 2.27. The van der Waals surface area contributed by atoms with Crippen LogP contribution in [0.2, 0.25) is 0 Å². The predicted molar refractivity (Wildman–Crippen MR) is 113 cm³/mol. The van der Waals surface area contributed by atoms with Gasteiger partial charge in [0.15, 0.2) is 0 Å². The molecule has 0 unspecified atom stereocenters. The lowest BCUT2D eigenvalue weighted by atomic mass is 10.2. The van der Waals surface area contributed by atoms with Gasteiger partial charge < -0.3 is 15.1 Å². The number of rotatable bonds is 6. The Bertz CT molecular complexity index is 740. The standard InChI is InChI=1S/C20H26BrN5O/c1-24(2)18-6-3-16(4-7-18)13-23-20(27)15-25-9-11-26(12-10-25)19-8-5-17(21)14-22-19/h3-8,14H,9-13,15H2,1-2H3,(H,23,27). The number of pyridine rings is 1. The van der Waals surface area contributed by atoms with Gasteiger partial charge in [-0.3, -0.25) is 9.69 Å². The van der Waals surface area contributed by atoms with E-state index in [-0.39, 0.29) is 5.91 Å². The minimum atomic E-state index is 0.0712. The monoisotopic (exact) mass is 431 g/mol. The topological polar surface area (TPSA) is 51.7 Å². The molecule has 1 aliphatic heterocycles. The summed E-state index contributed by atoms with van der Waals surface area (Å²) < 4.78 is 0.984. The van der Waals surface area contributed by atoms with E-state index in [1.165, 1.54) is 0 Å². The SMILES string of the molecule is CN(C)c1ccc(CNC(=O)CN2CCN(c3ccc(Br)cn3)CC2)cc1. The average molecular weight is 432 g/mol. The molecular formula is C20H26BrN5O. The molecule has 1 amide bonds. The first-order valence-electron chi connectivity index (χ1n) is 9.13. The van der Waals surface area contributed by atoms with Gasteiger partial charge in [-0.25, -0.2) is 4.98 Å². The zero-order chi connectivity index (χ0) is 19.2. The molecular weight excluding hydrogens is 406 g/mol. The van der Waals surface area contributed by atoms with Crippen LogP contribution in [0, 0.1) is 0 Å². The molecule has 0 atom stereocenters. The highest BCUT2D eigenvalue weighted by atomic mass is 79.9. The van der Waals surface area contributed by atoms with Gasteiger partial charge in [0.1, 0.15) is 5.82 Å². The maximum Gasteiger partial charge on any atom is 0.234 e. The van der Waals surface area contributed by atoms with Gasteiger partial charge in [0.2, 0.25) is 5.91 Å². The first kappa shape index (κ1) is 19.6. The normalized spacial score (nSPS) is 14.9. The van der Waals surface area contributed by atoms with Crippen molar-refractivity contribution >= 4 is 33.3 Å². The van der Waals surface area contributed by atoms with Gasteiger partial charge in [-0.15, -0.1) is 0 Å². The maximum absolute atomic E-state index is 12.3. The molecule has 144 valence electrons. The highest BCUT2D eigenvalue weighted by Gasteiger charge is 2.19. The molecule has 0 bridgehead atoms. The lowest BCUT2D eigenvalue weighted by Gasteiger charge is -2.35. The predicted octanol–water partition coefficient (Wildman–Crippen LogP) is 2.35. The molecule has 7 heteroatoms. The van der Waals surface area contributed by atoms with Crippen LogP contribution in [0.4, 0.5) is 11.5 Å². The first-order valence-corrected chi connectivity index (χ1v) is 9.92. The molecule has 0 aliphatic carbocycles. The van der Waals surface area contributed by atoms with E-state index in [0.29, 0.717) is 13.1 Å². The van der Waals surface area contributed by atoms with Crippen LogP contribution in [0.5, 0.6) is 0 Å². The number of hydrogen-bond donors (Lipinski definition) is 1. The average Bonchev–Trinajstić information content (AvgIpc) is 2.68. The van der Waals surface area contributed by atoms with Crippen molar-refractivity contribution in [2.24, 2.45) is 0 Å². The van der Waals surface area contributed by atoms with Gasteiger partial charge in [-0.2, -0.15) is 0 Å². The van der Waals surface area contributed by atoms with E-state index in [9.17, 15) is 4.79 Å². The molecule has 0 saturated carbocycles. The number of piperazine rings is 1. The second-order valence-corrected chi connectivity index (χ2v) is 7.85. The summed E-state index contributed by atoms with van der Waals surface area (Å²) in [5.74, 6) is 1.06. The van der Waals surface area contributed by atoms with Crippen LogP contribution in [0.3, 0.4) is 0 Å². The third-order valence-electron chi connectivity index (χ3n) is 4.72. The van der Waals surface area contributed by atoms with Gasteiger partial charge in [-0.1, -0.05) is 12.1 Å². The number of amides is 1. The van der Waals surface area contributed by atoms with Crippen LogP contribution in [0.25, 0.3) is 0 Å². The van der Waals surface area contributed by atoms with Crippen LogP contribution in [-0.4, -0.2) is 62.6 Å². The van der Waals surface area contributed by atoms with Crippen molar-refractivity contribution in [3.05, 3.63) is 52.6 Å². The lowest BCUT2D eigenvalue weighted by Crippen LogP contribution is -2.49. The molecule has 0 spiro atoms. The summed E-state index contributed by atoms with van der Waals surface area (Å²) >= 11 is 3.41. The minimum Gasteiger partial charge on any atom is -0.378 e. The van der Waals surface area contributed by atoms with Gasteiger partial charge in [-0.05, 0) is 45.8 Å². The van der Waals surface area contributed by atoms with E-state index >= 15 is 0 Å². The van der Waals surface area contributed by atoms with Crippen molar-refractivity contribution in [2.75, 3.05) is 56.6 Å². The number of hydrogen-bond acceptors (Lipinski definition) is 5. The Kier molecular flexibility index (Phi) is 6.68. The molecule has 27 heavy (non-hydrogen) atoms. The number of carbonyl (C=O) groups is 1. The van der Waals surface area contributed by atoms with E-state index in [1.807, 2.05) is 32.4 Å². The van der Waals surface area contributed by atoms with E-state index in [0.717, 1.165) is 47.7 Å². The number of carbonyl (C=O) groups excluding carboxylic acids is 1. The summed E-state index contributed by atoms with van der Waals surface area (Å²) in [6.07, 6.45) is 1.82. The van der Waals surface area contributed by atoms with Crippen LogP contribution in [0.15, 0.2) is 47.1 Å². The van der Waals surface area contributed by atoms with Crippen LogP contribution in [-0.2, 0) is 11.3 Å². The van der Waals surface area contributed by atoms with Crippen LogP contribution in [0.1, 0.15) is 5.56 Å². The van der Waals surface area contributed by atoms with Gasteiger partial charge in [0.25, 0.3) is 0 Å². The number of anilines is 2. The Morgan fingerprint density at radius 3 is 2.41 bits per heavy atom. The summed E-state index contributed by atoms with van der Waals surface area (Å²) in [5, 5.41) is 3.02. The fourth-order valence-electron chi connectivity index (χ4n) is 3.06. The van der Waals surface area contributed by atoms with Gasteiger partial charge in [0, 0.05) is 63.2 Å². The fourth-order valence-corrected chi connectivity index (χ4v) is 3.30. The number of nitrogens with one attached hydrogen (secondary N) is 1. The van der Waals surface area contributed by atoms with Crippen molar-refractivity contribution in [1.29, 1.82) is 0 Å². The summed E-state index contributed by atoms with van der Waals surface area (Å²) in [4.78, 5) is 23.2. The molecule has 6 nitrogen and oxygen atoms in total. The smallest absolute Gasteiger partial charge is 0.234 e. The highest BCUT2D eigenvalue weighted by Crippen LogP contribution is 2.16. The van der Waals surface area contributed by atoms with Crippen molar-refractivity contribution in [1.82, 2.24) is 15.2 Å². The van der Waals surface area contributed by atoms with Crippen molar-refractivity contribution in [3.8, 4) is 0 Å². The third kappa shape index (κ3) is 5.68. The second-order valence-electron chi connectivity index (χ2n) is 6.94. The Morgan fingerprint density at radius 2 is 1.81 bits per heavy atom. The fraction of sp³-hybridized carbons (Fsp3) is 0.400. The summed E-state index contributed by atoms with van der Waals surface area (Å²) in [7, 11) is 4.03. The zero-order valence-corrected chi connectivity index (χ0v) is 17.4. The van der Waals surface area contributed by atoms with Crippen molar-refractivity contribution < 1.29 is 4.79 Å². The maximum atomic E-state index is 12.3. The van der Waals surface area contributed by atoms with E-state index < -0.39 is 0 Å². The molecule has 1 aromatic carbocycles. The first-order chi connectivity index (χ1) is 13.0. The van der Waals surface area contributed by atoms with E-state index in [1.54, 1.807) is 0 Å². The quantitative estimate of drug-likeness (QED) is 0.760. The van der Waals surface area contributed by atoms with E-state index in [4.69, 9.17) is 0 Å². The Labute approximate surface area is 169 Å². The number of aromatic nitrogens is 1.